The van der Waals surface area contributed by atoms with E-state index in [9.17, 15) is 21.6 Å². The molecule has 3 rings (SSSR count). The molecule has 2 N–H and O–H groups in total. The van der Waals surface area contributed by atoms with Crippen molar-refractivity contribution in [3.63, 3.8) is 0 Å². The number of benzene rings is 1. The van der Waals surface area contributed by atoms with Crippen LogP contribution in [0.2, 0.25) is 0 Å². The molecule has 1 aromatic heterocycles. The Labute approximate surface area is 274 Å². The van der Waals surface area contributed by atoms with E-state index in [0.717, 1.165) is 29.2 Å². The Morgan fingerprint density at radius 1 is 1.07 bits per heavy atom. The van der Waals surface area contributed by atoms with E-state index in [1.807, 2.05) is 24.3 Å². The number of methoxy groups -OCH3 is 2. The highest BCUT2D eigenvalue weighted by Crippen LogP contribution is 2.51. The number of nitrogens with one attached hydrogen (secondary N) is 2. The molecule has 0 saturated carbocycles. The first kappa shape index (κ1) is 37.8. The first-order valence-corrected chi connectivity index (χ1v) is 19.4. The number of amides is 1. The molecule has 2 aromatic rings. The van der Waals surface area contributed by atoms with E-state index in [4.69, 9.17) is 14.2 Å². The first-order chi connectivity index (χ1) is 21.8. The van der Waals surface area contributed by atoms with Gasteiger partial charge in [0.2, 0.25) is 25.9 Å². The fourth-order valence-electron chi connectivity index (χ4n) is 6.23. The van der Waals surface area contributed by atoms with Gasteiger partial charge in [-0.2, -0.15) is 0 Å². The zero-order valence-corrected chi connectivity index (χ0v) is 29.2. The number of carbonyl (C=O) groups is 1. The van der Waals surface area contributed by atoms with Gasteiger partial charge in [-0.3, -0.25) is 4.79 Å². The Morgan fingerprint density at radius 3 is 2.39 bits per heavy atom. The summed E-state index contributed by atoms with van der Waals surface area (Å²) in [7, 11) is -3.66. The Kier molecular flexibility index (Phi) is 14.4. The number of pyridine rings is 1. The lowest BCUT2D eigenvalue weighted by Crippen LogP contribution is -2.41. The molecule has 12 nitrogen and oxygen atoms in total. The summed E-state index contributed by atoms with van der Waals surface area (Å²) in [5, 5.41) is 0. The molecule has 0 bridgehead atoms. The summed E-state index contributed by atoms with van der Waals surface area (Å²) in [6.45, 7) is 4.71. The molecule has 2 atom stereocenters. The van der Waals surface area contributed by atoms with Crippen LogP contribution in [0.4, 0.5) is 0 Å². The van der Waals surface area contributed by atoms with E-state index in [2.05, 4.69) is 27.8 Å². The summed E-state index contributed by atoms with van der Waals surface area (Å²) < 4.78 is 70.1. The van der Waals surface area contributed by atoms with Crippen molar-refractivity contribution in [1.82, 2.24) is 19.3 Å². The van der Waals surface area contributed by atoms with E-state index < -0.39 is 25.5 Å². The molecule has 1 radical (unpaired) electrons. The maximum atomic E-state index is 13.6. The van der Waals surface area contributed by atoms with Gasteiger partial charge in [-0.05, 0) is 67.3 Å². The van der Waals surface area contributed by atoms with Crippen molar-refractivity contribution < 1.29 is 35.8 Å². The minimum absolute atomic E-state index is 0.0929. The predicted molar refractivity (Wildman–Crippen MR) is 178 cm³/mol. The maximum Gasteiger partial charge on any atom is 0.254 e. The molecule has 1 aliphatic heterocycles. The largest absolute Gasteiger partial charge is 0.481 e. The topological polar surface area (TPSA) is 153 Å². The highest BCUT2D eigenvalue weighted by Gasteiger charge is 2.44. The van der Waals surface area contributed by atoms with Crippen molar-refractivity contribution in [1.29, 1.82) is 0 Å². The number of hydrogen-bond donors (Lipinski definition) is 2. The number of sulfonamides is 2. The van der Waals surface area contributed by atoms with Gasteiger partial charge in [0, 0.05) is 56.0 Å². The fourth-order valence-corrected chi connectivity index (χ4v) is 7.23. The number of carbonyl (C=O) groups excluding carboxylic acids is 1. The SMILES string of the molecule is CCc1ccnc(OC)c1C([CH]COC)(CCCCNS(C)(=O)=O)C(CCNS(C)(=O)=O)c1cccc(C(=O)N2CCOCC2)c1. The standard InChI is InChI=1S/C32H49N4O8S2/c1-6-25-12-17-33-30(43-3)29(25)32(15-21-42-2,14-7-8-16-34-45(4,38)39)28(13-18-35-46(5,40)41)26-10-9-11-27(24-26)31(37)36-19-22-44-23-20-36/h9-12,15,17,24,28,34-35H,6-8,13-14,16,18-23H2,1-5H3. The summed E-state index contributed by atoms with van der Waals surface area (Å²) in [5.41, 5.74) is 2.44. The number of nitrogens with zero attached hydrogens (tertiary/aromatic N) is 2. The monoisotopic (exact) mass is 681 g/mol. The minimum Gasteiger partial charge on any atom is -0.481 e. The molecule has 257 valence electrons. The molecule has 0 spiro atoms. The summed E-state index contributed by atoms with van der Waals surface area (Å²) in [6.07, 6.45) is 8.84. The third-order valence-electron chi connectivity index (χ3n) is 8.29. The predicted octanol–water partition coefficient (Wildman–Crippen LogP) is 2.66. The molecule has 1 saturated heterocycles. The third-order valence-corrected chi connectivity index (χ3v) is 9.75. The zero-order chi connectivity index (χ0) is 33.8. The lowest BCUT2D eigenvalue weighted by Gasteiger charge is -2.43. The number of rotatable bonds is 19. The molecule has 2 unspecified atom stereocenters. The van der Waals surface area contributed by atoms with Crippen LogP contribution in [-0.4, -0.2) is 105 Å². The summed E-state index contributed by atoms with van der Waals surface area (Å²) in [6, 6.07) is 9.49. The number of unbranched alkanes of at least 4 members (excludes halogenated alkanes) is 1. The number of aromatic nitrogens is 1. The van der Waals surface area contributed by atoms with E-state index >= 15 is 0 Å². The molecule has 1 aromatic carbocycles. The summed E-state index contributed by atoms with van der Waals surface area (Å²) in [4.78, 5) is 20.0. The van der Waals surface area contributed by atoms with Gasteiger partial charge >= 0.3 is 0 Å². The van der Waals surface area contributed by atoms with Crippen LogP contribution >= 0.6 is 0 Å². The fraction of sp³-hybridized carbons (Fsp3) is 0.594. The van der Waals surface area contributed by atoms with Crippen LogP contribution in [0.5, 0.6) is 5.88 Å². The van der Waals surface area contributed by atoms with Gasteiger partial charge in [0.15, 0.2) is 0 Å². The maximum absolute atomic E-state index is 13.6. The number of morpholine rings is 1. The van der Waals surface area contributed by atoms with Gasteiger partial charge in [0.1, 0.15) is 0 Å². The van der Waals surface area contributed by atoms with Gasteiger partial charge in [-0.1, -0.05) is 25.5 Å². The van der Waals surface area contributed by atoms with Crippen LogP contribution in [0.25, 0.3) is 0 Å². The van der Waals surface area contributed by atoms with Crippen molar-refractivity contribution in [2.24, 2.45) is 0 Å². The molecular weight excluding hydrogens is 633 g/mol. The number of hydrogen-bond acceptors (Lipinski definition) is 9. The van der Waals surface area contributed by atoms with E-state index in [-0.39, 0.29) is 31.5 Å². The Morgan fingerprint density at radius 2 is 1.76 bits per heavy atom. The highest BCUT2D eigenvalue weighted by atomic mass is 32.2. The second-order valence-electron chi connectivity index (χ2n) is 11.6. The second-order valence-corrected chi connectivity index (χ2v) is 15.2. The Hall–Kier alpha value is -2.62. The van der Waals surface area contributed by atoms with Crippen LogP contribution in [0.3, 0.4) is 0 Å². The van der Waals surface area contributed by atoms with E-state index in [1.165, 1.54) is 0 Å². The Balaban J connectivity index is 2.22. The normalized spacial score (nSPS) is 16.2. The molecule has 46 heavy (non-hydrogen) atoms. The zero-order valence-electron chi connectivity index (χ0n) is 27.6. The Bertz CT molecular complexity index is 1470. The molecule has 2 heterocycles. The van der Waals surface area contributed by atoms with E-state index in [1.54, 1.807) is 31.4 Å². The molecule has 1 fully saturated rings. The van der Waals surface area contributed by atoms with Gasteiger partial charge in [-0.15, -0.1) is 0 Å². The summed E-state index contributed by atoms with van der Waals surface area (Å²) in [5.74, 6) is -0.00660. The van der Waals surface area contributed by atoms with Crippen LogP contribution in [0.15, 0.2) is 36.5 Å². The lowest BCUT2D eigenvalue weighted by atomic mass is 9.61. The molecule has 14 heteroatoms. The average molecular weight is 682 g/mol. The highest BCUT2D eigenvalue weighted by molar-refractivity contribution is 7.89. The molecule has 0 aliphatic carbocycles. The smallest absolute Gasteiger partial charge is 0.254 e. The average Bonchev–Trinajstić information content (AvgIpc) is 3.03. The minimum atomic E-state index is -3.49. The van der Waals surface area contributed by atoms with Crippen molar-refractivity contribution in [3.8, 4) is 5.88 Å². The van der Waals surface area contributed by atoms with E-state index in [0.29, 0.717) is 69.9 Å². The van der Waals surface area contributed by atoms with Gasteiger partial charge in [0.05, 0.1) is 39.4 Å². The molecule has 1 amide bonds. The third kappa shape index (κ3) is 10.7. The van der Waals surface area contributed by atoms with Crippen molar-refractivity contribution >= 4 is 26.0 Å². The van der Waals surface area contributed by atoms with Crippen molar-refractivity contribution in [3.05, 3.63) is 65.2 Å². The summed E-state index contributed by atoms with van der Waals surface area (Å²) >= 11 is 0. The van der Waals surface area contributed by atoms with Crippen LogP contribution in [0.1, 0.15) is 65.6 Å². The molecule has 1 aliphatic rings. The first-order valence-electron chi connectivity index (χ1n) is 15.6. The molecular formula is C32H49N4O8S2. The van der Waals surface area contributed by atoms with Gasteiger partial charge < -0.3 is 19.1 Å². The quantitative estimate of drug-likeness (QED) is 0.213. The van der Waals surface area contributed by atoms with Crippen molar-refractivity contribution in [2.45, 2.75) is 50.4 Å². The van der Waals surface area contributed by atoms with Gasteiger partial charge in [-0.25, -0.2) is 31.3 Å². The number of ether oxygens (including phenoxy) is 3. The van der Waals surface area contributed by atoms with Crippen molar-refractivity contribution in [2.75, 3.05) is 72.7 Å². The van der Waals surface area contributed by atoms with Crippen LogP contribution < -0.4 is 14.2 Å². The van der Waals surface area contributed by atoms with Gasteiger partial charge in [0.25, 0.3) is 5.91 Å². The number of aryl methyl sites for hydroxylation is 1. The second kappa shape index (κ2) is 17.5. The van der Waals surface area contributed by atoms with Crippen LogP contribution in [-0.2, 0) is 41.4 Å². The van der Waals surface area contributed by atoms with Crippen LogP contribution in [0, 0.1) is 6.42 Å². The lowest BCUT2D eigenvalue weighted by molar-refractivity contribution is 0.0302.